The van der Waals surface area contributed by atoms with Crippen LogP contribution in [-0.4, -0.2) is 87.2 Å². The normalized spacial score (nSPS) is 17.8. The van der Waals surface area contributed by atoms with Crippen molar-refractivity contribution in [3.05, 3.63) is 58.7 Å². The van der Waals surface area contributed by atoms with Crippen molar-refractivity contribution in [1.82, 2.24) is 30.1 Å². The zero-order chi connectivity index (χ0) is 29.4. The Morgan fingerprint density at radius 3 is 1.90 bits per heavy atom. The third-order valence-electron chi connectivity index (χ3n) is 7.75. The molecule has 2 aliphatic rings. The fourth-order valence-electron chi connectivity index (χ4n) is 5.51. The van der Waals surface area contributed by atoms with Gasteiger partial charge in [0.25, 0.3) is 0 Å². The fourth-order valence-corrected chi connectivity index (χ4v) is 5.51. The molecule has 0 unspecified atom stereocenters. The van der Waals surface area contributed by atoms with E-state index in [9.17, 15) is 35.9 Å². The van der Waals surface area contributed by atoms with E-state index in [1.807, 2.05) is 23.1 Å². The summed E-state index contributed by atoms with van der Waals surface area (Å²) in [6.45, 7) is 2.94. The molecule has 2 amide bonds. The van der Waals surface area contributed by atoms with Crippen molar-refractivity contribution >= 4 is 22.8 Å². The maximum Gasteiger partial charge on any atom is 0.416 e. The molecule has 41 heavy (non-hydrogen) atoms. The minimum absolute atomic E-state index is 0.0324. The van der Waals surface area contributed by atoms with Gasteiger partial charge in [0, 0.05) is 45.3 Å². The maximum atomic E-state index is 13.2. The molecule has 1 N–H and O–H groups in total. The molecule has 5 rings (SSSR count). The van der Waals surface area contributed by atoms with Gasteiger partial charge in [0.2, 0.25) is 11.8 Å². The molecule has 0 atom stereocenters. The number of piperidine rings is 1. The van der Waals surface area contributed by atoms with Crippen molar-refractivity contribution in [2.75, 3.05) is 39.3 Å². The fraction of sp³-hybridized carbons (Fsp3) is 0.481. The predicted octanol–water partition coefficient (Wildman–Crippen LogP) is 3.92. The van der Waals surface area contributed by atoms with Crippen LogP contribution < -0.4 is 0 Å². The molecule has 2 aromatic carbocycles. The summed E-state index contributed by atoms with van der Waals surface area (Å²) in [6.07, 6.45) is -8.66. The number of rotatable bonds is 5. The number of aromatic amines is 1. The van der Waals surface area contributed by atoms with Gasteiger partial charge in [-0.25, -0.2) is 0 Å². The molecule has 0 radical (unpaired) electrons. The monoisotopic (exact) mass is 582 g/mol. The Labute approximate surface area is 231 Å². The summed E-state index contributed by atoms with van der Waals surface area (Å²) in [7, 11) is 0. The number of fused-ring (bicyclic) bond motifs is 1. The summed E-state index contributed by atoms with van der Waals surface area (Å²) >= 11 is 0. The molecular formula is C27H28F6N6O2. The van der Waals surface area contributed by atoms with Crippen LogP contribution in [0.15, 0.2) is 36.4 Å². The van der Waals surface area contributed by atoms with E-state index in [0.717, 1.165) is 23.9 Å². The summed E-state index contributed by atoms with van der Waals surface area (Å²) in [5, 5.41) is 10.5. The van der Waals surface area contributed by atoms with Crippen molar-refractivity contribution in [3.8, 4) is 0 Å². The molecule has 3 heterocycles. The number of alkyl halides is 6. The number of benzene rings is 2. The standard InChI is InChI=1S/C27H28F6N6O2/c28-26(29,30)19-11-18(12-20(16-19)27(31,32)33)15-25(41)39-9-7-37(8-10-39)21-3-5-38(6-4-21)24(40)14-17-1-2-22-23(13-17)35-36-34-22/h1-2,11-13,16,21H,3-10,14-15H2,(H,34,35,36). The highest BCUT2D eigenvalue weighted by atomic mass is 19.4. The number of carbonyl (C=O) groups is 2. The molecule has 14 heteroatoms. The third kappa shape index (κ3) is 6.80. The third-order valence-corrected chi connectivity index (χ3v) is 7.75. The summed E-state index contributed by atoms with van der Waals surface area (Å²) in [6, 6.07) is 7.04. The van der Waals surface area contributed by atoms with Crippen LogP contribution in [0.25, 0.3) is 11.0 Å². The number of carbonyl (C=O) groups excluding carboxylic acids is 2. The highest BCUT2D eigenvalue weighted by Crippen LogP contribution is 2.36. The Bertz CT molecular complexity index is 1370. The van der Waals surface area contributed by atoms with E-state index in [0.29, 0.717) is 56.9 Å². The Hall–Kier alpha value is -3.68. The maximum absolute atomic E-state index is 13.2. The zero-order valence-corrected chi connectivity index (χ0v) is 21.9. The van der Waals surface area contributed by atoms with E-state index in [1.165, 1.54) is 4.90 Å². The topological polar surface area (TPSA) is 85.4 Å². The minimum Gasteiger partial charge on any atom is -0.342 e. The summed E-state index contributed by atoms with van der Waals surface area (Å²) in [5.41, 5.74) is -0.819. The summed E-state index contributed by atoms with van der Waals surface area (Å²) in [5.74, 6) is -0.480. The van der Waals surface area contributed by atoms with Crippen LogP contribution in [0.4, 0.5) is 26.3 Å². The van der Waals surface area contributed by atoms with Gasteiger partial charge in [-0.1, -0.05) is 11.3 Å². The number of nitrogens with one attached hydrogen (secondary N) is 1. The zero-order valence-electron chi connectivity index (χ0n) is 21.9. The minimum atomic E-state index is -4.96. The van der Waals surface area contributed by atoms with E-state index in [4.69, 9.17) is 0 Å². The van der Waals surface area contributed by atoms with Crippen molar-refractivity contribution in [2.24, 2.45) is 0 Å². The average molecular weight is 583 g/mol. The highest BCUT2D eigenvalue weighted by Gasteiger charge is 2.37. The molecule has 0 bridgehead atoms. The molecule has 2 saturated heterocycles. The van der Waals surface area contributed by atoms with Gasteiger partial charge in [-0.05, 0) is 54.3 Å². The molecule has 2 fully saturated rings. The van der Waals surface area contributed by atoms with Crippen LogP contribution in [0.1, 0.15) is 35.1 Å². The lowest BCUT2D eigenvalue weighted by Crippen LogP contribution is -2.55. The van der Waals surface area contributed by atoms with Gasteiger partial charge >= 0.3 is 12.4 Å². The number of aromatic nitrogens is 3. The van der Waals surface area contributed by atoms with Crippen molar-refractivity contribution in [3.63, 3.8) is 0 Å². The number of hydrogen-bond acceptors (Lipinski definition) is 5. The van der Waals surface area contributed by atoms with E-state index < -0.39 is 35.8 Å². The Balaban J connectivity index is 1.11. The molecule has 220 valence electrons. The van der Waals surface area contributed by atoms with Gasteiger partial charge in [-0.3, -0.25) is 19.6 Å². The first-order valence-corrected chi connectivity index (χ1v) is 13.2. The molecule has 3 aromatic rings. The average Bonchev–Trinajstić information content (AvgIpc) is 3.40. The van der Waals surface area contributed by atoms with Gasteiger partial charge in [0.05, 0.1) is 29.5 Å². The van der Waals surface area contributed by atoms with Gasteiger partial charge in [0.15, 0.2) is 0 Å². The Kier molecular flexibility index (Phi) is 7.95. The second-order valence-electron chi connectivity index (χ2n) is 10.5. The number of piperazine rings is 1. The van der Waals surface area contributed by atoms with E-state index in [1.54, 1.807) is 0 Å². The van der Waals surface area contributed by atoms with Crippen molar-refractivity contribution in [1.29, 1.82) is 0 Å². The lowest BCUT2D eigenvalue weighted by atomic mass is 10.0. The van der Waals surface area contributed by atoms with Gasteiger partial charge in [-0.15, -0.1) is 5.10 Å². The predicted molar refractivity (Wildman–Crippen MR) is 135 cm³/mol. The molecule has 0 aliphatic carbocycles. The number of nitrogens with zero attached hydrogens (tertiary/aromatic N) is 5. The lowest BCUT2D eigenvalue weighted by molar-refractivity contribution is -0.143. The van der Waals surface area contributed by atoms with Crippen LogP contribution in [0, 0.1) is 0 Å². The number of hydrogen-bond donors (Lipinski definition) is 1. The highest BCUT2D eigenvalue weighted by molar-refractivity contribution is 5.81. The summed E-state index contributed by atoms with van der Waals surface area (Å²) < 4.78 is 79.0. The molecule has 0 spiro atoms. The van der Waals surface area contributed by atoms with E-state index in [-0.39, 0.29) is 30.0 Å². The Morgan fingerprint density at radius 1 is 0.756 bits per heavy atom. The molecule has 8 nitrogen and oxygen atoms in total. The van der Waals surface area contributed by atoms with Crippen LogP contribution in [0.3, 0.4) is 0 Å². The van der Waals surface area contributed by atoms with Gasteiger partial charge in [-0.2, -0.15) is 26.3 Å². The quantitative estimate of drug-likeness (QED) is 0.462. The number of likely N-dealkylation sites (tertiary alicyclic amines) is 1. The van der Waals surface area contributed by atoms with Crippen LogP contribution in [0.5, 0.6) is 0 Å². The van der Waals surface area contributed by atoms with Crippen LogP contribution >= 0.6 is 0 Å². The SMILES string of the molecule is O=C(Cc1ccc2[nH]nnc2c1)N1CCC(N2CCN(C(=O)Cc3cc(C(F)(F)F)cc(C(F)(F)F)c3)CC2)CC1. The van der Waals surface area contributed by atoms with Crippen molar-refractivity contribution < 1.29 is 35.9 Å². The lowest BCUT2D eigenvalue weighted by Gasteiger charge is -2.42. The second-order valence-corrected chi connectivity index (χ2v) is 10.5. The largest absolute Gasteiger partial charge is 0.416 e. The first-order chi connectivity index (χ1) is 19.4. The molecule has 2 aliphatic heterocycles. The van der Waals surface area contributed by atoms with Crippen LogP contribution in [-0.2, 0) is 34.8 Å². The summed E-state index contributed by atoms with van der Waals surface area (Å²) in [4.78, 5) is 31.2. The van der Waals surface area contributed by atoms with Gasteiger partial charge in [0.1, 0.15) is 5.52 Å². The first kappa shape index (κ1) is 28.8. The number of halogens is 6. The second kappa shape index (κ2) is 11.3. The van der Waals surface area contributed by atoms with E-state index in [2.05, 4.69) is 20.3 Å². The first-order valence-electron chi connectivity index (χ1n) is 13.2. The smallest absolute Gasteiger partial charge is 0.342 e. The Morgan fingerprint density at radius 2 is 1.32 bits per heavy atom. The van der Waals surface area contributed by atoms with Gasteiger partial charge < -0.3 is 9.80 Å². The van der Waals surface area contributed by atoms with Crippen LogP contribution in [0.2, 0.25) is 0 Å². The molecule has 0 saturated carbocycles. The van der Waals surface area contributed by atoms with E-state index >= 15 is 0 Å². The molecule has 1 aromatic heterocycles. The number of H-pyrrole nitrogens is 1. The van der Waals surface area contributed by atoms with Crippen molar-refractivity contribution in [2.45, 2.75) is 44.1 Å². The number of amides is 2. The molecular weight excluding hydrogens is 554 g/mol.